The minimum absolute atomic E-state index is 0.00978. The van der Waals surface area contributed by atoms with Crippen molar-refractivity contribution in [2.24, 2.45) is 0 Å². The van der Waals surface area contributed by atoms with Crippen LogP contribution in [0.25, 0.3) is 76.2 Å². The summed E-state index contributed by atoms with van der Waals surface area (Å²) in [5.41, 5.74) is 17.7. The van der Waals surface area contributed by atoms with Gasteiger partial charge in [0.05, 0.1) is 11.4 Å². The van der Waals surface area contributed by atoms with Crippen molar-refractivity contribution in [3.05, 3.63) is 175 Å². The van der Waals surface area contributed by atoms with Gasteiger partial charge in [0.15, 0.2) is 0 Å². The van der Waals surface area contributed by atoms with Crippen LogP contribution < -0.4 is 20.0 Å². The molecule has 0 saturated carbocycles. The SMILES string of the molecule is CC(C)(C)c1ccc(N2B3c4sc5ccccc5c4N(c4ccc(C(C)(C)C)cc4-c4ccccc4)c4cc5c(oc6ccccc65)c(c43)-c3cc4oc5ccccc5c4cc32)cc1. The molecule has 0 atom stereocenters. The second kappa shape index (κ2) is 13.3. The first-order valence-corrected chi connectivity index (χ1v) is 23.2. The molecule has 0 spiro atoms. The average molecular weight is 845 g/mol. The van der Waals surface area contributed by atoms with E-state index in [0.29, 0.717) is 0 Å². The largest absolute Gasteiger partial charge is 0.456 e. The van der Waals surface area contributed by atoms with Gasteiger partial charge in [-0.15, -0.1) is 11.3 Å². The zero-order valence-corrected chi connectivity index (χ0v) is 37.6. The van der Waals surface area contributed by atoms with Gasteiger partial charge in [-0.05, 0) is 93.6 Å². The van der Waals surface area contributed by atoms with E-state index >= 15 is 0 Å². The van der Waals surface area contributed by atoms with Crippen molar-refractivity contribution >= 4 is 111 Å². The fourth-order valence-electron chi connectivity index (χ4n) is 10.6. The molecule has 0 fully saturated rings. The van der Waals surface area contributed by atoms with Gasteiger partial charge in [0, 0.05) is 70.2 Å². The quantitative estimate of drug-likeness (QED) is 0.166. The van der Waals surface area contributed by atoms with Crippen molar-refractivity contribution in [2.45, 2.75) is 52.4 Å². The highest BCUT2D eigenvalue weighted by atomic mass is 32.1. The maximum atomic E-state index is 7.11. The summed E-state index contributed by atoms with van der Waals surface area (Å²) >= 11 is 1.91. The smallest absolute Gasteiger partial charge is 0.343 e. The predicted molar refractivity (Wildman–Crippen MR) is 273 cm³/mol. The number of nitrogens with zero attached hydrogens (tertiary/aromatic N) is 2. The normalized spacial score (nSPS) is 13.7. The first kappa shape index (κ1) is 37.5. The minimum atomic E-state index is -0.177. The second-order valence-electron chi connectivity index (χ2n) is 19.7. The van der Waals surface area contributed by atoms with Gasteiger partial charge >= 0.3 is 6.85 Å². The number of fused-ring (bicyclic) bond motifs is 13. The average Bonchev–Trinajstić information content (AvgIpc) is 3.99. The minimum Gasteiger partial charge on any atom is -0.456 e. The van der Waals surface area contributed by atoms with Crippen molar-refractivity contribution in [2.75, 3.05) is 9.71 Å². The monoisotopic (exact) mass is 844 g/mol. The number of hydrogen-bond acceptors (Lipinski definition) is 5. The van der Waals surface area contributed by atoms with Crippen LogP contribution in [0.5, 0.6) is 0 Å². The molecule has 4 nitrogen and oxygen atoms in total. The van der Waals surface area contributed by atoms with E-state index in [4.69, 9.17) is 8.83 Å². The van der Waals surface area contributed by atoms with Crippen LogP contribution in [0.1, 0.15) is 52.7 Å². The first-order chi connectivity index (χ1) is 31.0. The summed E-state index contributed by atoms with van der Waals surface area (Å²) in [6.07, 6.45) is 0. The summed E-state index contributed by atoms with van der Waals surface area (Å²) in [6.45, 7) is 13.6. The molecule has 6 heteroatoms. The molecule has 0 bridgehead atoms. The molecule has 5 heterocycles. The molecular weight excluding hydrogens is 800 g/mol. The van der Waals surface area contributed by atoms with Gasteiger partial charge < -0.3 is 18.5 Å². The summed E-state index contributed by atoms with van der Waals surface area (Å²) in [5, 5.41) is 5.66. The van der Waals surface area contributed by atoms with Crippen LogP contribution >= 0.6 is 11.3 Å². The van der Waals surface area contributed by atoms with Gasteiger partial charge in [0.25, 0.3) is 0 Å². The Hall–Kier alpha value is -7.02. The van der Waals surface area contributed by atoms with Gasteiger partial charge in [0.1, 0.15) is 22.3 Å². The van der Waals surface area contributed by atoms with E-state index in [1.54, 1.807) is 0 Å². The van der Waals surface area contributed by atoms with Crippen molar-refractivity contribution in [3.63, 3.8) is 0 Å². The number of rotatable bonds is 3. The van der Waals surface area contributed by atoms with Crippen LogP contribution in [-0.4, -0.2) is 6.85 Å². The third-order valence-corrected chi connectivity index (χ3v) is 15.0. The zero-order valence-electron chi connectivity index (χ0n) is 36.8. The molecule has 0 unspecified atom stereocenters. The Kier molecular flexibility index (Phi) is 7.78. The lowest BCUT2D eigenvalue weighted by Crippen LogP contribution is -2.60. The van der Waals surface area contributed by atoms with Gasteiger partial charge in [-0.2, -0.15) is 0 Å². The summed E-state index contributed by atoms with van der Waals surface area (Å²) in [4.78, 5) is 5.22. The number of hydrogen-bond donors (Lipinski definition) is 0. The van der Waals surface area contributed by atoms with E-state index in [1.165, 1.54) is 48.3 Å². The molecule has 0 radical (unpaired) electrons. The Morgan fingerprint density at radius 3 is 1.84 bits per heavy atom. The third kappa shape index (κ3) is 5.36. The molecule has 2 aliphatic rings. The number of benzene rings is 8. The fraction of sp³-hybridized carbons (Fsp3) is 0.138. The van der Waals surface area contributed by atoms with Crippen LogP contribution in [0.3, 0.4) is 0 Å². The van der Waals surface area contributed by atoms with E-state index in [9.17, 15) is 0 Å². The molecule has 64 heavy (non-hydrogen) atoms. The summed E-state index contributed by atoms with van der Waals surface area (Å²) in [6, 6.07) is 60.4. The Morgan fingerprint density at radius 2 is 1.11 bits per heavy atom. The van der Waals surface area contributed by atoms with Crippen molar-refractivity contribution in [1.29, 1.82) is 0 Å². The molecule has 8 aromatic carbocycles. The summed E-state index contributed by atoms with van der Waals surface area (Å²) < 4.78 is 16.4. The van der Waals surface area contributed by atoms with Gasteiger partial charge in [-0.3, -0.25) is 0 Å². The highest BCUT2D eigenvalue weighted by molar-refractivity contribution is 7.32. The fourth-order valence-corrected chi connectivity index (χ4v) is 11.8. The Morgan fingerprint density at radius 1 is 0.484 bits per heavy atom. The van der Waals surface area contributed by atoms with Crippen molar-refractivity contribution < 1.29 is 8.83 Å². The first-order valence-electron chi connectivity index (χ1n) is 22.4. The molecule has 13 rings (SSSR count). The lowest BCUT2D eigenvalue weighted by atomic mass is 9.46. The highest BCUT2D eigenvalue weighted by Gasteiger charge is 2.49. The van der Waals surface area contributed by atoms with Crippen LogP contribution in [0.15, 0.2) is 173 Å². The lowest BCUT2D eigenvalue weighted by Gasteiger charge is -2.45. The molecule has 2 aliphatic heterocycles. The molecule has 11 aromatic rings. The molecule has 0 aliphatic carbocycles. The van der Waals surface area contributed by atoms with Crippen LogP contribution in [0.2, 0.25) is 0 Å². The van der Waals surface area contributed by atoms with E-state index < -0.39 is 0 Å². The molecule has 3 aromatic heterocycles. The van der Waals surface area contributed by atoms with E-state index in [2.05, 4.69) is 215 Å². The molecule has 0 amide bonds. The topological polar surface area (TPSA) is 32.8 Å². The molecule has 0 N–H and O–H groups in total. The summed E-state index contributed by atoms with van der Waals surface area (Å²) in [5.74, 6) is 0. The maximum absolute atomic E-state index is 7.11. The Balaban J connectivity index is 1.22. The van der Waals surface area contributed by atoms with Gasteiger partial charge in [-0.25, -0.2) is 0 Å². The molecule has 0 saturated heterocycles. The van der Waals surface area contributed by atoms with E-state index in [1.807, 2.05) is 11.3 Å². The Labute approximate surface area is 377 Å². The van der Waals surface area contributed by atoms with Crippen molar-refractivity contribution in [3.8, 4) is 22.3 Å². The summed E-state index contributed by atoms with van der Waals surface area (Å²) in [7, 11) is 0. The molecule has 308 valence electrons. The zero-order chi connectivity index (χ0) is 43.2. The van der Waals surface area contributed by atoms with Gasteiger partial charge in [0.2, 0.25) is 0 Å². The number of furan rings is 2. The third-order valence-electron chi connectivity index (χ3n) is 13.8. The Bertz CT molecular complexity index is 3710. The van der Waals surface area contributed by atoms with E-state index in [-0.39, 0.29) is 17.7 Å². The van der Waals surface area contributed by atoms with Gasteiger partial charge in [-0.1, -0.05) is 145 Å². The van der Waals surface area contributed by atoms with E-state index in [0.717, 1.165) is 77.8 Å². The second-order valence-corrected chi connectivity index (χ2v) is 20.8. The standard InChI is InChI=1S/C58H45BN2O2S/c1-57(2,3)35-24-27-37(28-25-35)61-46-31-42-38-18-10-13-21-48(38)62-50(42)33-44(46)52-53-47(32-43-39-19-11-14-22-49(39)63-55(43)52)60(54-40-20-12-15-23-51(40)64-56(54)59(53)61)45-29-26-36(58(4,5)6)30-41(45)34-16-8-7-9-17-34/h7-33H,1-6H3. The van der Waals surface area contributed by atoms with Crippen molar-refractivity contribution in [1.82, 2.24) is 0 Å². The number of thiophene rings is 1. The maximum Gasteiger partial charge on any atom is 0.343 e. The van der Waals surface area contributed by atoms with Crippen LogP contribution in [-0.2, 0) is 10.8 Å². The predicted octanol–water partition coefficient (Wildman–Crippen LogP) is 15.7. The van der Waals surface area contributed by atoms with Crippen LogP contribution in [0.4, 0.5) is 28.4 Å². The highest BCUT2D eigenvalue weighted by Crippen LogP contribution is 2.55. The number of anilines is 5. The lowest BCUT2D eigenvalue weighted by molar-refractivity contribution is 0.590. The van der Waals surface area contributed by atoms with Crippen LogP contribution in [0, 0.1) is 0 Å². The number of para-hydroxylation sites is 2. The molecular formula is C58H45BN2O2S.